The maximum Gasteiger partial charge on any atom is 0.124 e. The van der Waals surface area contributed by atoms with Crippen LogP contribution in [0, 0.1) is 0 Å². The lowest BCUT2D eigenvalue weighted by Gasteiger charge is -2.17. The molecule has 0 spiro atoms. The number of ether oxygens (including phenoxy) is 1. The van der Waals surface area contributed by atoms with Crippen molar-refractivity contribution in [2.24, 2.45) is 0 Å². The van der Waals surface area contributed by atoms with E-state index in [9.17, 15) is 0 Å². The van der Waals surface area contributed by atoms with Crippen molar-refractivity contribution < 1.29 is 4.74 Å². The number of hydrogen-bond donors (Lipinski definition) is 1. The molecule has 1 atom stereocenters. The number of benzene rings is 1. The minimum Gasteiger partial charge on any atom is -0.491 e. The van der Waals surface area contributed by atoms with Crippen molar-refractivity contribution in [3.05, 3.63) is 29.8 Å². The van der Waals surface area contributed by atoms with E-state index in [0.29, 0.717) is 6.04 Å². The number of para-hydroxylation sites is 1. The third-order valence-corrected chi connectivity index (χ3v) is 3.47. The molecule has 1 N–H and O–H groups in total. The third-order valence-electron chi connectivity index (χ3n) is 3.47. The monoisotopic (exact) mass is 277 g/mol. The number of nitrogens with one attached hydrogen (secondary N) is 1. The SMILES string of the molecule is CCCCCCC(C)NCc1ccccc1OC(C)C. The fraction of sp³-hybridized carbons (Fsp3) is 0.667. The standard InChI is InChI=1S/C18H31NO/c1-5-6-7-8-11-16(4)19-14-17-12-9-10-13-18(17)20-15(2)3/h9-10,12-13,15-16,19H,5-8,11,14H2,1-4H3. The van der Waals surface area contributed by atoms with Gasteiger partial charge >= 0.3 is 0 Å². The van der Waals surface area contributed by atoms with Crippen LogP contribution in [0.5, 0.6) is 5.75 Å². The van der Waals surface area contributed by atoms with Crippen LogP contribution in [0.25, 0.3) is 0 Å². The van der Waals surface area contributed by atoms with Crippen molar-refractivity contribution in [2.45, 2.75) is 78.5 Å². The molecular formula is C18H31NO. The molecule has 114 valence electrons. The molecule has 0 heterocycles. The van der Waals surface area contributed by atoms with Gasteiger partial charge in [-0.15, -0.1) is 0 Å². The molecule has 1 rings (SSSR count). The van der Waals surface area contributed by atoms with Gasteiger partial charge in [-0.05, 0) is 33.3 Å². The van der Waals surface area contributed by atoms with Crippen LogP contribution in [0.4, 0.5) is 0 Å². The molecule has 0 radical (unpaired) electrons. The Kier molecular flexibility index (Phi) is 8.36. The highest BCUT2D eigenvalue weighted by molar-refractivity contribution is 5.33. The summed E-state index contributed by atoms with van der Waals surface area (Å²) in [4.78, 5) is 0. The predicted molar refractivity (Wildman–Crippen MR) is 87.3 cm³/mol. The fourth-order valence-corrected chi connectivity index (χ4v) is 2.28. The van der Waals surface area contributed by atoms with E-state index in [1.165, 1.54) is 37.7 Å². The highest BCUT2D eigenvalue weighted by Gasteiger charge is 2.07. The Morgan fingerprint density at radius 1 is 1.05 bits per heavy atom. The van der Waals surface area contributed by atoms with Crippen molar-refractivity contribution in [1.82, 2.24) is 5.32 Å². The summed E-state index contributed by atoms with van der Waals surface area (Å²) in [6, 6.07) is 8.89. The third kappa shape index (κ3) is 6.95. The van der Waals surface area contributed by atoms with Crippen molar-refractivity contribution in [2.75, 3.05) is 0 Å². The van der Waals surface area contributed by atoms with Gasteiger partial charge in [0.15, 0.2) is 0 Å². The maximum atomic E-state index is 5.85. The Bertz CT molecular complexity index is 362. The molecule has 0 aromatic heterocycles. The van der Waals surface area contributed by atoms with Gasteiger partial charge in [-0.2, -0.15) is 0 Å². The molecule has 0 aliphatic rings. The molecule has 1 aromatic carbocycles. The van der Waals surface area contributed by atoms with E-state index in [-0.39, 0.29) is 6.10 Å². The summed E-state index contributed by atoms with van der Waals surface area (Å²) < 4.78 is 5.85. The lowest BCUT2D eigenvalue weighted by Crippen LogP contribution is -2.25. The Morgan fingerprint density at radius 2 is 1.80 bits per heavy atom. The van der Waals surface area contributed by atoms with Crippen molar-refractivity contribution in [3.63, 3.8) is 0 Å². The highest BCUT2D eigenvalue weighted by atomic mass is 16.5. The molecule has 0 amide bonds. The fourth-order valence-electron chi connectivity index (χ4n) is 2.28. The first kappa shape index (κ1) is 17.0. The van der Waals surface area contributed by atoms with Crippen LogP contribution in [-0.4, -0.2) is 12.1 Å². The van der Waals surface area contributed by atoms with Crippen LogP contribution >= 0.6 is 0 Å². The Labute approximate surface area is 124 Å². The molecule has 0 saturated carbocycles. The van der Waals surface area contributed by atoms with Crippen molar-refractivity contribution >= 4 is 0 Å². The average molecular weight is 277 g/mol. The second-order valence-electron chi connectivity index (χ2n) is 5.91. The lowest BCUT2D eigenvalue weighted by atomic mass is 10.1. The second-order valence-corrected chi connectivity index (χ2v) is 5.91. The first-order valence-electron chi connectivity index (χ1n) is 8.11. The van der Waals surface area contributed by atoms with E-state index in [2.05, 4.69) is 51.2 Å². The zero-order chi connectivity index (χ0) is 14.8. The first-order chi connectivity index (χ1) is 9.63. The number of unbranched alkanes of at least 4 members (excludes halogenated alkanes) is 3. The molecule has 1 aromatic rings. The summed E-state index contributed by atoms with van der Waals surface area (Å²) in [6.07, 6.45) is 6.83. The second kappa shape index (κ2) is 9.82. The van der Waals surface area contributed by atoms with E-state index >= 15 is 0 Å². The van der Waals surface area contributed by atoms with Crippen LogP contribution in [0.3, 0.4) is 0 Å². The molecule has 2 heteroatoms. The largest absolute Gasteiger partial charge is 0.491 e. The van der Waals surface area contributed by atoms with Gasteiger partial charge < -0.3 is 10.1 Å². The minimum absolute atomic E-state index is 0.225. The van der Waals surface area contributed by atoms with Crippen LogP contribution < -0.4 is 10.1 Å². The predicted octanol–water partition coefficient (Wildman–Crippen LogP) is 4.92. The van der Waals surface area contributed by atoms with E-state index in [1.807, 2.05) is 6.07 Å². The Hall–Kier alpha value is -1.02. The van der Waals surface area contributed by atoms with Gasteiger partial charge in [0.25, 0.3) is 0 Å². The van der Waals surface area contributed by atoms with Gasteiger partial charge in [-0.25, -0.2) is 0 Å². The minimum atomic E-state index is 0.225. The summed E-state index contributed by atoms with van der Waals surface area (Å²) in [6.45, 7) is 9.56. The average Bonchev–Trinajstić information content (AvgIpc) is 2.42. The van der Waals surface area contributed by atoms with Gasteiger partial charge in [-0.3, -0.25) is 0 Å². The highest BCUT2D eigenvalue weighted by Crippen LogP contribution is 2.19. The smallest absolute Gasteiger partial charge is 0.124 e. The molecular weight excluding hydrogens is 246 g/mol. The van der Waals surface area contributed by atoms with Crippen LogP contribution in [0.15, 0.2) is 24.3 Å². The van der Waals surface area contributed by atoms with Crippen LogP contribution in [0.1, 0.15) is 65.4 Å². The summed E-state index contributed by atoms with van der Waals surface area (Å²) in [5.41, 5.74) is 1.25. The molecule has 2 nitrogen and oxygen atoms in total. The quantitative estimate of drug-likeness (QED) is 0.613. The van der Waals surface area contributed by atoms with E-state index in [0.717, 1.165) is 12.3 Å². The molecule has 0 fully saturated rings. The van der Waals surface area contributed by atoms with Crippen molar-refractivity contribution in [3.8, 4) is 5.75 Å². The Morgan fingerprint density at radius 3 is 2.50 bits per heavy atom. The summed E-state index contributed by atoms with van der Waals surface area (Å²) >= 11 is 0. The molecule has 1 unspecified atom stereocenters. The van der Waals surface area contributed by atoms with Gasteiger partial charge in [-0.1, -0.05) is 50.8 Å². The van der Waals surface area contributed by atoms with Gasteiger partial charge in [0.05, 0.1) is 6.10 Å². The van der Waals surface area contributed by atoms with E-state index < -0.39 is 0 Å². The summed E-state index contributed by atoms with van der Waals surface area (Å²) in [7, 11) is 0. The molecule has 20 heavy (non-hydrogen) atoms. The topological polar surface area (TPSA) is 21.3 Å². The van der Waals surface area contributed by atoms with Gasteiger partial charge in [0.1, 0.15) is 5.75 Å². The first-order valence-corrected chi connectivity index (χ1v) is 8.11. The lowest BCUT2D eigenvalue weighted by molar-refractivity contribution is 0.239. The number of hydrogen-bond acceptors (Lipinski definition) is 2. The van der Waals surface area contributed by atoms with Crippen LogP contribution in [-0.2, 0) is 6.54 Å². The normalized spacial score (nSPS) is 12.7. The molecule has 0 saturated heterocycles. The molecule has 0 aliphatic heterocycles. The van der Waals surface area contributed by atoms with Crippen LogP contribution in [0.2, 0.25) is 0 Å². The zero-order valence-corrected chi connectivity index (χ0v) is 13.6. The zero-order valence-electron chi connectivity index (χ0n) is 13.6. The van der Waals surface area contributed by atoms with Crippen molar-refractivity contribution in [1.29, 1.82) is 0 Å². The Balaban J connectivity index is 2.37. The summed E-state index contributed by atoms with van der Waals surface area (Å²) in [5, 5.41) is 3.61. The van der Waals surface area contributed by atoms with E-state index in [4.69, 9.17) is 4.74 Å². The molecule has 0 aliphatic carbocycles. The molecule has 0 bridgehead atoms. The van der Waals surface area contributed by atoms with Gasteiger partial charge in [0, 0.05) is 18.2 Å². The summed E-state index contributed by atoms with van der Waals surface area (Å²) in [5.74, 6) is 1.01. The van der Waals surface area contributed by atoms with E-state index in [1.54, 1.807) is 0 Å². The van der Waals surface area contributed by atoms with Gasteiger partial charge in [0.2, 0.25) is 0 Å². The number of rotatable bonds is 10. The maximum absolute atomic E-state index is 5.85.